The second kappa shape index (κ2) is 10.5. The van der Waals surface area contributed by atoms with Crippen LogP contribution < -0.4 is 4.74 Å². The molecule has 0 amide bonds. The molecule has 1 aliphatic heterocycles. The van der Waals surface area contributed by atoms with E-state index in [0.29, 0.717) is 16.8 Å². The van der Waals surface area contributed by atoms with E-state index in [0.717, 1.165) is 23.3 Å². The molecule has 0 radical (unpaired) electrons. The molecule has 176 valence electrons. The topological polar surface area (TPSA) is 71.1 Å². The summed E-state index contributed by atoms with van der Waals surface area (Å²) in [6.07, 6.45) is 0.866. The van der Waals surface area contributed by atoms with Gasteiger partial charge < -0.3 is 18.9 Å². The Bertz CT molecular complexity index is 981. The van der Waals surface area contributed by atoms with Crippen molar-refractivity contribution in [3.05, 3.63) is 77.2 Å². The monoisotopic (exact) mass is 454 g/mol. The van der Waals surface area contributed by atoms with E-state index in [2.05, 4.69) is 26.2 Å². The fourth-order valence-corrected chi connectivity index (χ4v) is 4.21. The van der Waals surface area contributed by atoms with Gasteiger partial charge >= 0.3 is 11.9 Å². The summed E-state index contributed by atoms with van der Waals surface area (Å²) in [6.45, 7) is 2.51. The molecule has 0 spiro atoms. The molecule has 7 heteroatoms. The smallest absolute Gasteiger partial charge is 0.320 e. The zero-order valence-electron chi connectivity index (χ0n) is 19.9. The van der Waals surface area contributed by atoms with Gasteiger partial charge in [0, 0.05) is 0 Å². The summed E-state index contributed by atoms with van der Waals surface area (Å²) in [6, 6.07) is 17.6. The Kier molecular flexibility index (Phi) is 7.76. The minimum absolute atomic E-state index is 0.0712. The lowest BCUT2D eigenvalue weighted by Crippen LogP contribution is -2.39. The highest BCUT2D eigenvalue weighted by Crippen LogP contribution is 2.41. The van der Waals surface area contributed by atoms with Crippen molar-refractivity contribution in [3.63, 3.8) is 0 Å². The van der Waals surface area contributed by atoms with Crippen LogP contribution in [0.1, 0.15) is 30.7 Å². The number of benzene rings is 2. The van der Waals surface area contributed by atoms with E-state index in [1.165, 1.54) is 19.9 Å². The lowest BCUT2D eigenvalue weighted by atomic mass is 9.99. The Morgan fingerprint density at radius 1 is 0.970 bits per heavy atom. The van der Waals surface area contributed by atoms with Crippen LogP contribution in [0.25, 0.3) is 0 Å². The summed E-state index contributed by atoms with van der Waals surface area (Å²) in [4.78, 5) is 23.8. The molecule has 0 saturated carbocycles. The third-order valence-electron chi connectivity index (χ3n) is 6.00. The van der Waals surface area contributed by atoms with Gasteiger partial charge in [0.2, 0.25) is 0 Å². The van der Waals surface area contributed by atoms with Crippen LogP contribution in [0.3, 0.4) is 0 Å². The quantitative estimate of drug-likeness (QED) is 0.324. The Morgan fingerprint density at radius 2 is 1.58 bits per heavy atom. The van der Waals surface area contributed by atoms with Crippen molar-refractivity contribution in [1.82, 2.24) is 0 Å². The number of hydrogen-bond donors (Lipinski definition) is 0. The van der Waals surface area contributed by atoms with Crippen molar-refractivity contribution in [3.8, 4) is 5.75 Å². The average molecular weight is 455 g/mol. The summed E-state index contributed by atoms with van der Waals surface area (Å²) < 4.78 is 22.2. The van der Waals surface area contributed by atoms with Crippen LogP contribution in [0.5, 0.6) is 5.75 Å². The van der Waals surface area contributed by atoms with Crippen molar-refractivity contribution >= 4 is 11.9 Å². The van der Waals surface area contributed by atoms with Crippen LogP contribution in [-0.4, -0.2) is 51.3 Å². The maximum Gasteiger partial charge on any atom is 0.320 e. The zero-order chi connectivity index (χ0) is 24.0. The summed E-state index contributed by atoms with van der Waals surface area (Å²) in [5, 5.41) is 0. The van der Waals surface area contributed by atoms with E-state index in [4.69, 9.17) is 18.9 Å². The molecule has 7 nitrogen and oxygen atoms in total. The van der Waals surface area contributed by atoms with Gasteiger partial charge in [-0.1, -0.05) is 30.3 Å². The lowest BCUT2D eigenvalue weighted by molar-refractivity contribution is -0.897. The van der Waals surface area contributed by atoms with Crippen molar-refractivity contribution in [2.24, 2.45) is 5.92 Å². The molecule has 0 fully saturated rings. The molecular formula is C26H32NO6+. The molecule has 2 aromatic carbocycles. The van der Waals surface area contributed by atoms with Gasteiger partial charge in [-0.3, -0.25) is 14.1 Å². The van der Waals surface area contributed by atoms with E-state index < -0.39 is 17.9 Å². The van der Waals surface area contributed by atoms with E-state index in [9.17, 15) is 9.59 Å². The van der Waals surface area contributed by atoms with Crippen molar-refractivity contribution in [1.29, 1.82) is 0 Å². The fourth-order valence-electron chi connectivity index (χ4n) is 4.21. The maximum atomic E-state index is 11.9. The summed E-state index contributed by atoms with van der Waals surface area (Å²) in [5.74, 6) is -0.558. The van der Waals surface area contributed by atoms with Gasteiger partial charge in [0.05, 0.1) is 46.9 Å². The van der Waals surface area contributed by atoms with Gasteiger partial charge in [-0.15, -0.1) is 0 Å². The highest BCUT2D eigenvalue weighted by atomic mass is 16.5. The Hall–Kier alpha value is -3.32. The van der Waals surface area contributed by atoms with Gasteiger partial charge in [0.1, 0.15) is 5.75 Å². The first-order chi connectivity index (χ1) is 15.8. The second-order valence-electron chi connectivity index (χ2n) is 8.47. The summed E-state index contributed by atoms with van der Waals surface area (Å²) in [5.41, 5.74) is 3.15. The van der Waals surface area contributed by atoms with E-state index in [-0.39, 0.29) is 12.6 Å². The largest absolute Gasteiger partial charge is 0.493 e. The summed E-state index contributed by atoms with van der Waals surface area (Å²) >= 11 is 0. The molecule has 1 unspecified atom stereocenters. The van der Waals surface area contributed by atoms with E-state index >= 15 is 0 Å². The second-order valence-corrected chi connectivity index (χ2v) is 8.47. The lowest BCUT2D eigenvalue weighted by Gasteiger charge is -2.31. The molecule has 33 heavy (non-hydrogen) atoms. The minimum atomic E-state index is -0.985. The SMILES string of the molecule is COC(=O)C(Cc1ccc(OCCC2=C(C)OC(c3ccccc3)[N+]2(C)C)cc1)C(=O)OC. The third kappa shape index (κ3) is 5.54. The number of carbonyl (C=O) groups is 2. The maximum absolute atomic E-state index is 11.9. The Morgan fingerprint density at radius 3 is 2.15 bits per heavy atom. The number of allylic oxidation sites excluding steroid dienone is 1. The van der Waals surface area contributed by atoms with Crippen LogP contribution >= 0.6 is 0 Å². The van der Waals surface area contributed by atoms with Gasteiger partial charge in [0.25, 0.3) is 6.23 Å². The van der Waals surface area contributed by atoms with Gasteiger partial charge in [-0.25, -0.2) is 0 Å². The number of quaternary nitrogens is 1. The third-order valence-corrected chi connectivity index (χ3v) is 6.00. The molecule has 0 aliphatic carbocycles. The van der Waals surface area contributed by atoms with Crippen LogP contribution in [0.4, 0.5) is 0 Å². The molecule has 2 aromatic rings. The van der Waals surface area contributed by atoms with Crippen molar-refractivity contribution in [2.45, 2.75) is 26.0 Å². The number of ether oxygens (including phenoxy) is 4. The number of carbonyl (C=O) groups excluding carboxylic acids is 2. The Balaban J connectivity index is 1.58. The number of methoxy groups -OCH3 is 2. The molecule has 0 bridgehead atoms. The molecule has 0 aromatic heterocycles. The standard InChI is InChI=1S/C26H32NO6/c1-18-23(27(2,3)24(33-18)20-9-7-6-8-10-20)15-16-32-21-13-11-19(12-14-21)17-22(25(28)30-4)26(29)31-5/h6-14,22,24H,15-17H2,1-5H3/q+1. The predicted molar refractivity (Wildman–Crippen MR) is 123 cm³/mol. The molecular weight excluding hydrogens is 422 g/mol. The van der Waals surface area contributed by atoms with Crippen molar-refractivity contribution < 1.29 is 33.0 Å². The number of hydrogen-bond acceptors (Lipinski definition) is 6. The van der Waals surface area contributed by atoms with Gasteiger partial charge in [-0.05, 0) is 43.2 Å². The zero-order valence-corrected chi connectivity index (χ0v) is 19.9. The predicted octanol–water partition coefficient (Wildman–Crippen LogP) is 4.00. The van der Waals surface area contributed by atoms with Crippen LogP contribution in [0, 0.1) is 5.92 Å². The molecule has 1 heterocycles. The average Bonchev–Trinajstić information content (AvgIpc) is 3.06. The number of esters is 2. The molecule has 1 atom stereocenters. The van der Waals surface area contributed by atoms with Gasteiger partial charge in [0.15, 0.2) is 17.4 Å². The first-order valence-corrected chi connectivity index (χ1v) is 10.9. The number of rotatable bonds is 9. The molecule has 3 rings (SSSR count). The molecule has 0 N–H and O–H groups in total. The fraction of sp³-hybridized carbons (Fsp3) is 0.385. The van der Waals surface area contributed by atoms with Crippen molar-refractivity contribution in [2.75, 3.05) is 34.9 Å². The number of nitrogens with zero attached hydrogens (tertiary/aromatic N) is 1. The van der Waals surface area contributed by atoms with E-state index in [1.807, 2.05) is 49.4 Å². The minimum Gasteiger partial charge on any atom is -0.493 e. The molecule has 0 saturated heterocycles. The first-order valence-electron chi connectivity index (χ1n) is 10.9. The van der Waals surface area contributed by atoms with Crippen LogP contribution in [-0.2, 0) is 30.2 Å². The van der Waals surface area contributed by atoms with Crippen LogP contribution in [0.15, 0.2) is 66.1 Å². The summed E-state index contributed by atoms with van der Waals surface area (Å²) in [7, 11) is 6.81. The first kappa shape index (κ1) is 24.3. The van der Waals surface area contributed by atoms with Crippen LogP contribution in [0.2, 0.25) is 0 Å². The highest BCUT2D eigenvalue weighted by Gasteiger charge is 2.43. The van der Waals surface area contributed by atoms with E-state index in [1.54, 1.807) is 0 Å². The molecule has 1 aliphatic rings. The highest BCUT2D eigenvalue weighted by molar-refractivity contribution is 5.95. The Labute approximate surface area is 195 Å². The van der Waals surface area contributed by atoms with Gasteiger partial charge in [-0.2, -0.15) is 0 Å². The normalized spacial score (nSPS) is 17.0.